The molecule has 6 heteroatoms. The first-order valence-corrected chi connectivity index (χ1v) is 10.5. The lowest BCUT2D eigenvalue weighted by molar-refractivity contribution is -0.0311. The summed E-state index contributed by atoms with van der Waals surface area (Å²) >= 11 is 12.2. The van der Waals surface area contributed by atoms with Crippen LogP contribution in [0.4, 0.5) is 10.5 Å². The van der Waals surface area contributed by atoms with Gasteiger partial charge in [0, 0.05) is 12.2 Å². The third kappa shape index (κ3) is 4.29. The molecular formula is C22H24Cl2N2O2. The summed E-state index contributed by atoms with van der Waals surface area (Å²) in [7, 11) is 0. The van der Waals surface area contributed by atoms with E-state index in [1.165, 1.54) is 0 Å². The number of aryl methyl sites for hydroxylation is 1. The minimum Gasteiger partial charge on any atom is -0.444 e. The van der Waals surface area contributed by atoms with Crippen LogP contribution in [0.5, 0.6) is 0 Å². The number of piperidine rings is 3. The Bertz CT molecular complexity index is 865. The predicted octanol–water partition coefficient (Wildman–Crippen LogP) is 5.54. The highest BCUT2D eigenvalue weighted by Gasteiger charge is 2.37. The molecule has 1 amide bonds. The molecule has 148 valence electrons. The van der Waals surface area contributed by atoms with E-state index >= 15 is 0 Å². The first-order chi connectivity index (χ1) is 13.5. The van der Waals surface area contributed by atoms with E-state index in [0.29, 0.717) is 22.5 Å². The number of hydrogen-bond acceptors (Lipinski definition) is 3. The van der Waals surface area contributed by atoms with E-state index in [4.69, 9.17) is 27.9 Å². The van der Waals surface area contributed by atoms with Gasteiger partial charge >= 0.3 is 6.09 Å². The Hall–Kier alpha value is -1.75. The Morgan fingerprint density at radius 2 is 1.93 bits per heavy atom. The SMILES string of the molecule is Cc1cccc(N(Cc2ccc(Cl)c(Cl)c2)C(=O)OC2CN3CCC2CC3)c1. The summed E-state index contributed by atoms with van der Waals surface area (Å²) in [5.41, 5.74) is 2.81. The quantitative estimate of drug-likeness (QED) is 0.653. The number of hydrogen-bond donors (Lipinski definition) is 0. The van der Waals surface area contributed by atoms with Crippen molar-refractivity contribution in [3.8, 4) is 0 Å². The second-order valence-corrected chi connectivity index (χ2v) is 8.55. The molecule has 0 spiro atoms. The van der Waals surface area contributed by atoms with Crippen LogP contribution in [0, 0.1) is 12.8 Å². The van der Waals surface area contributed by atoms with E-state index < -0.39 is 0 Å². The number of halogens is 2. The fraction of sp³-hybridized carbons (Fsp3) is 0.409. The Balaban J connectivity index is 1.57. The zero-order valence-electron chi connectivity index (χ0n) is 15.9. The average molecular weight is 419 g/mol. The fourth-order valence-corrected chi connectivity index (χ4v) is 4.44. The summed E-state index contributed by atoms with van der Waals surface area (Å²) in [6.07, 6.45) is 1.87. The lowest BCUT2D eigenvalue weighted by Gasteiger charge is -2.44. The van der Waals surface area contributed by atoms with Crippen LogP contribution in [0.3, 0.4) is 0 Å². The van der Waals surface area contributed by atoms with Crippen molar-refractivity contribution in [2.24, 2.45) is 5.92 Å². The van der Waals surface area contributed by atoms with Gasteiger partial charge in [-0.3, -0.25) is 9.80 Å². The lowest BCUT2D eigenvalue weighted by atomic mass is 9.86. The summed E-state index contributed by atoms with van der Waals surface area (Å²) in [6, 6.07) is 13.3. The van der Waals surface area contributed by atoms with E-state index in [-0.39, 0.29) is 12.2 Å². The van der Waals surface area contributed by atoms with E-state index in [1.807, 2.05) is 37.3 Å². The minimum absolute atomic E-state index is 0.0314. The number of anilines is 1. The van der Waals surface area contributed by atoms with Crippen LogP contribution in [0.1, 0.15) is 24.0 Å². The number of amides is 1. The van der Waals surface area contributed by atoms with Crippen molar-refractivity contribution in [1.29, 1.82) is 0 Å². The molecule has 3 fully saturated rings. The van der Waals surface area contributed by atoms with Crippen molar-refractivity contribution in [3.05, 3.63) is 63.6 Å². The van der Waals surface area contributed by atoms with Crippen LogP contribution >= 0.6 is 23.2 Å². The standard InChI is InChI=1S/C22H24Cl2N2O2/c1-15-3-2-4-18(11-15)26(13-16-5-6-19(23)20(24)12-16)22(27)28-21-14-25-9-7-17(21)8-10-25/h2-6,11-12,17,21H,7-10,13-14H2,1H3. The van der Waals surface area contributed by atoms with Gasteiger partial charge in [0.2, 0.25) is 0 Å². The molecule has 2 aromatic carbocycles. The molecule has 1 unspecified atom stereocenters. The maximum absolute atomic E-state index is 13.2. The first-order valence-electron chi connectivity index (χ1n) is 9.71. The number of rotatable bonds is 4. The molecule has 3 aliphatic heterocycles. The van der Waals surface area contributed by atoms with Gasteiger partial charge in [-0.2, -0.15) is 0 Å². The van der Waals surface area contributed by atoms with Crippen molar-refractivity contribution < 1.29 is 9.53 Å². The number of fused-ring (bicyclic) bond motifs is 3. The molecule has 0 saturated carbocycles. The zero-order chi connectivity index (χ0) is 19.7. The maximum Gasteiger partial charge on any atom is 0.414 e. The van der Waals surface area contributed by atoms with Gasteiger partial charge in [0.1, 0.15) is 6.10 Å². The van der Waals surface area contributed by atoms with Crippen LogP contribution in [0.2, 0.25) is 10.0 Å². The molecule has 0 radical (unpaired) electrons. The van der Waals surface area contributed by atoms with Gasteiger partial charge in [-0.25, -0.2) is 4.79 Å². The Morgan fingerprint density at radius 3 is 2.57 bits per heavy atom. The van der Waals surface area contributed by atoms with E-state index in [9.17, 15) is 4.79 Å². The Kier molecular flexibility index (Phi) is 5.81. The monoisotopic (exact) mass is 418 g/mol. The van der Waals surface area contributed by atoms with Crippen LogP contribution in [0.15, 0.2) is 42.5 Å². The highest BCUT2D eigenvalue weighted by molar-refractivity contribution is 6.42. The van der Waals surface area contributed by atoms with Gasteiger partial charge in [-0.05, 0) is 74.2 Å². The highest BCUT2D eigenvalue weighted by atomic mass is 35.5. The molecule has 3 saturated heterocycles. The lowest BCUT2D eigenvalue weighted by Crippen LogP contribution is -2.53. The number of nitrogens with zero attached hydrogens (tertiary/aromatic N) is 2. The molecule has 3 heterocycles. The summed E-state index contributed by atoms with van der Waals surface area (Å²) in [5.74, 6) is 0.471. The molecule has 5 rings (SSSR count). The maximum atomic E-state index is 13.2. The van der Waals surface area contributed by atoms with Gasteiger partial charge in [0.25, 0.3) is 0 Å². The molecule has 0 aliphatic carbocycles. The molecule has 3 aliphatic rings. The third-order valence-corrected chi connectivity index (χ3v) is 6.45. The van der Waals surface area contributed by atoms with Crippen molar-refractivity contribution >= 4 is 35.0 Å². The van der Waals surface area contributed by atoms with Gasteiger partial charge in [0.15, 0.2) is 0 Å². The Morgan fingerprint density at radius 1 is 1.14 bits per heavy atom. The Labute approximate surface area is 176 Å². The molecule has 0 aromatic heterocycles. The van der Waals surface area contributed by atoms with Gasteiger partial charge in [-0.15, -0.1) is 0 Å². The molecule has 0 N–H and O–H groups in total. The predicted molar refractivity (Wildman–Crippen MR) is 113 cm³/mol. The van der Waals surface area contributed by atoms with Crippen molar-refractivity contribution in [2.45, 2.75) is 32.4 Å². The van der Waals surface area contributed by atoms with Gasteiger partial charge < -0.3 is 4.74 Å². The van der Waals surface area contributed by atoms with Gasteiger partial charge in [-0.1, -0.05) is 41.4 Å². The zero-order valence-corrected chi connectivity index (χ0v) is 17.4. The van der Waals surface area contributed by atoms with E-state index in [1.54, 1.807) is 17.0 Å². The number of benzene rings is 2. The van der Waals surface area contributed by atoms with E-state index in [2.05, 4.69) is 4.90 Å². The third-order valence-electron chi connectivity index (χ3n) is 5.71. The highest BCUT2D eigenvalue weighted by Crippen LogP contribution is 2.31. The van der Waals surface area contributed by atoms with Crippen LogP contribution in [0.25, 0.3) is 0 Å². The van der Waals surface area contributed by atoms with Crippen molar-refractivity contribution in [1.82, 2.24) is 4.90 Å². The smallest absolute Gasteiger partial charge is 0.414 e. The fourth-order valence-electron chi connectivity index (χ4n) is 4.12. The topological polar surface area (TPSA) is 32.8 Å². The van der Waals surface area contributed by atoms with Crippen molar-refractivity contribution in [3.63, 3.8) is 0 Å². The number of ether oxygens (including phenoxy) is 1. The second kappa shape index (κ2) is 8.32. The largest absolute Gasteiger partial charge is 0.444 e. The first kappa shape index (κ1) is 19.6. The molecular weight excluding hydrogens is 395 g/mol. The average Bonchev–Trinajstić information content (AvgIpc) is 2.69. The molecule has 28 heavy (non-hydrogen) atoms. The van der Waals surface area contributed by atoms with Crippen LogP contribution in [-0.4, -0.2) is 36.7 Å². The number of carbonyl (C=O) groups excluding carboxylic acids is 1. The summed E-state index contributed by atoms with van der Waals surface area (Å²) in [5, 5.41) is 0.983. The summed E-state index contributed by atoms with van der Waals surface area (Å²) in [6.45, 7) is 5.46. The minimum atomic E-state index is -0.310. The molecule has 2 aromatic rings. The second-order valence-electron chi connectivity index (χ2n) is 7.73. The summed E-state index contributed by atoms with van der Waals surface area (Å²) < 4.78 is 5.99. The molecule has 1 atom stereocenters. The van der Waals surface area contributed by atoms with Crippen molar-refractivity contribution in [2.75, 3.05) is 24.5 Å². The number of carbonyl (C=O) groups is 1. The van der Waals surface area contributed by atoms with E-state index in [0.717, 1.165) is 49.3 Å². The normalized spacial score (nSPS) is 23.5. The van der Waals surface area contributed by atoms with Crippen LogP contribution in [-0.2, 0) is 11.3 Å². The summed E-state index contributed by atoms with van der Waals surface area (Å²) in [4.78, 5) is 17.2. The van der Waals surface area contributed by atoms with Gasteiger partial charge in [0.05, 0.1) is 16.6 Å². The molecule has 2 bridgehead atoms. The molecule has 4 nitrogen and oxygen atoms in total. The van der Waals surface area contributed by atoms with Crippen LogP contribution < -0.4 is 4.90 Å².